The molecule has 98 valence electrons. The first-order valence-corrected chi connectivity index (χ1v) is 6.01. The third-order valence-corrected chi connectivity index (χ3v) is 2.62. The van der Waals surface area contributed by atoms with Crippen molar-refractivity contribution >= 4 is 29.3 Å². The van der Waals surface area contributed by atoms with E-state index in [2.05, 4.69) is 5.32 Å². The predicted octanol–water partition coefficient (Wildman–Crippen LogP) is 2.09. The van der Waals surface area contributed by atoms with E-state index in [1.54, 1.807) is 31.4 Å². The molecule has 0 atom stereocenters. The second-order valence-electron chi connectivity index (χ2n) is 3.75. The fraction of sp³-hybridized carbons (Fsp3) is 0.308. The van der Waals surface area contributed by atoms with Gasteiger partial charge < -0.3 is 15.8 Å². The summed E-state index contributed by atoms with van der Waals surface area (Å²) in [6.07, 6.45) is 3.96. The molecule has 0 heterocycles. The van der Waals surface area contributed by atoms with Crippen LogP contribution in [0.1, 0.15) is 12.0 Å². The van der Waals surface area contributed by atoms with E-state index in [1.165, 1.54) is 6.08 Å². The number of carbonyl (C=O) groups is 1. The van der Waals surface area contributed by atoms with Gasteiger partial charge in [0.1, 0.15) is 0 Å². The van der Waals surface area contributed by atoms with Crippen molar-refractivity contribution in [3.05, 3.63) is 34.9 Å². The van der Waals surface area contributed by atoms with E-state index < -0.39 is 0 Å². The van der Waals surface area contributed by atoms with Gasteiger partial charge in [-0.2, -0.15) is 0 Å². The summed E-state index contributed by atoms with van der Waals surface area (Å²) < 4.78 is 4.88. The maximum Gasteiger partial charge on any atom is 0.244 e. The molecular weight excluding hydrogens is 252 g/mol. The minimum absolute atomic E-state index is 0.139. The number of anilines is 1. The van der Waals surface area contributed by atoms with E-state index in [-0.39, 0.29) is 5.91 Å². The van der Waals surface area contributed by atoms with Gasteiger partial charge in [0.05, 0.1) is 10.7 Å². The van der Waals surface area contributed by atoms with Crippen LogP contribution >= 0.6 is 11.6 Å². The fourth-order valence-electron chi connectivity index (χ4n) is 1.32. The Balaban J connectivity index is 2.43. The highest BCUT2D eigenvalue weighted by atomic mass is 35.5. The van der Waals surface area contributed by atoms with Gasteiger partial charge in [0.2, 0.25) is 5.91 Å². The molecule has 0 aliphatic rings. The van der Waals surface area contributed by atoms with Crippen molar-refractivity contribution in [2.45, 2.75) is 6.42 Å². The van der Waals surface area contributed by atoms with Crippen molar-refractivity contribution in [3.63, 3.8) is 0 Å². The third kappa shape index (κ3) is 5.21. The van der Waals surface area contributed by atoms with E-state index >= 15 is 0 Å². The fourth-order valence-corrected chi connectivity index (χ4v) is 1.44. The summed E-state index contributed by atoms with van der Waals surface area (Å²) in [7, 11) is 1.63. The van der Waals surface area contributed by atoms with Crippen LogP contribution in [0.5, 0.6) is 0 Å². The number of amides is 1. The average Bonchev–Trinajstić information content (AvgIpc) is 2.36. The zero-order valence-electron chi connectivity index (χ0n) is 10.3. The molecule has 0 radical (unpaired) electrons. The number of carbonyl (C=O) groups excluding carboxylic acids is 1. The zero-order chi connectivity index (χ0) is 13.4. The zero-order valence-corrected chi connectivity index (χ0v) is 11.0. The van der Waals surface area contributed by atoms with Crippen molar-refractivity contribution in [1.29, 1.82) is 0 Å². The molecule has 3 N–H and O–H groups in total. The Hall–Kier alpha value is -1.52. The first-order chi connectivity index (χ1) is 8.63. The lowest BCUT2D eigenvalue weighted by Gasteiger charge is -2.01. The van der Waals surface area contributed by atoms with Gasteiger partial charge in [0, 0.05) is 26.3 Å². The molecule has 5 heteroatoms. The Labute approximate surface area is 112 Å². The van der Waals surface area contributed by atoms with Gasteiger partial charge in [-0.1, -0.05) is 17.7 Å². The average molecular weight is 269 g/mol. The lowest BCUT2D eigenvalue weighted by atomic mass is 10.2. The van der Waals surface area contributed by atoms with Crippen molar-refractivity contribution < 1.29 is 9.53 Å². The normalized spacial score (nSPS) is 10.8. The van der Waals surface area contributed by atoms with Crippen LogP contribution in [0, 0.1) is 0 Å². The number of hydrogen-bond acceptors (Lipinski definition) is 3. The number of methoxy groups -OCH3 is 1. The topological polar surface area (TPSA) is 64.3 Å². The molecular formula is C13H17ClN2O2. The van der Waals surface area contributed by atoms with Gasteiger partial charge in [-0.25, -0.2) is 0 Å². The van der Waals surface area contributed by atoms with Crippen molar-refractivity contribution in [1.82, 2.24) is 5.32 Å². The molecule has 1 amide bonds. The Kier molecular flexibility index (Phi) is 6.25. The quantitative estimate of drug-likeness (QED) is 0.472. The molecule has 1 aromatic rings. The van der Waals surface area contributed by atoms with E-state index in [0.717, 1.165) is 12.0 Å². The predicted molar refractivity (Wildman–Crippen MR) is 74.4 cm³/mol. The SMILES string of the molecule is COCCCNC(=O)/C=C/c1ccc(Cl)c(N)c1. The standard InChI is InChI=1S/C13H17ClN2O2/c1-18-8-2-7-16-13(17)6-4-10-3-5-11(14)12(15)9-10/h3-6,9H,2,7-8,15H2,1H3,(H,16,17)/b6-4+. The van der Waals surface area contributed by atoms with Crippen LogP contribution in [0.4, 0.5) is 5.69 Å². The number of hydrogen-bond donors (Lipinski definition) is 2. The van der Waals surface area contributed by atoms with Gasteiger partial charge >= 0.3 is 0 Å². The summed E-state index contributed by atoms with van der Waals surface area (Å²) in [6.45, 7) is 1.23. The van der Waals surface area contributed by atoms with Gasteiger partial charge in [-0.15, -0.1) is 0 Å². The Morgan fingerprint density at radius 2 is 2.33 bits per heavy atom. The molecule has 0 saturated heterocycles. The number of nitrogens with two attached hydrogens (primary N) is 1. The van der Waals surface area contributed by atoms with Gasteiger partial charge in [0.25, 0.3) is 0 Å². The summed E-state index contributed by atoms with van der Waals surface area (Å²) in [5, 5.41) is 3.26. The molecule has 1 rings (SSSR count). The van der Waals surface area contributed by atoms with E-state index in [1.807, 2.05) is 0 Å². The first kappa shape index (κ1) is 14.5. The monoisotopic (exact) mass is 268 g/mol. The number of benzene rings is 1. The number of ether oxygens (including phenoxy) is 1. The number of halogens is 1. The molecule has 4 nitrogen and oxygen atoms in total. The van der Waals surface area contributed by atoms with Crippen molar-refractivity contribution in [3.8, 4) is 0 Å². The maximum atomic E-state index is 11.4. The lowest BCUT2D eigenvalue weighted by Crippen LogP contribution is -2.22. The van der Waals surface area contributed by atoms with E-state index in [9.17, 15) is 4.79 Å². The molecule has 0 fully saturated rings. The summed E-state index contributed by atoms with van der Waals surface area (Å²) in [5.74, 6) is -0.139. The van der Waals surface area contributed by atoms with Crippen LogP contribution < -0.4 is 11.1 Å². The summed E-state index contributed by atoms with van der Waals surface area (Å²) >= 11 is 5.80. The molecule has 1 aromatic carbocycles. The molecule has 0 spiro atoms. The minimum Gasteiger partial charge on any atom is -0.398 e. The summed E-state index contributed by atoms with van der Waals surface area (Å²) in [6, 6.07) is 5.22. The molecule has 0 aliphatic carbocycles. The number of rotatable bonds is 6. The molecule has 0 unspecified atom stereocenters. The first-order valence-electron chi connectivity index (χ1n) is 5.63. The Bertz CT molecular complexity index is 433. The highest BCUT2D eigenvalue weighted by Crippen LogP contribution is 2.19. The molecule has 0 aromatic heterocycles. The second-order valence-corrected chi connectivity index (χ2v) is 4.16. The van der Waals surface area contributed by atoms with E-state index in [0.29, 0.717) is 23.9 Å². The highest BCUT2D eigenvalue weighted by Gasteiger charge is 1.97. The molecule has 0 bridgehead atoms. The van der Waals surface area contributed by atoms with Gasteiger partial charge in [0.15, 0.2) is 0 Å². The van der Waals surface area contributed by atoms with E-state index in [4.69, 9.17) is 22.1 Å². The van der Waals surface area contributed by atoms with Gasteiger partial charge in [-0.05, 0) is 30.2 Å². The van der Waals surface area contributed by atoms with Gasteiger partial charge in [-0.3, -0.25) is 4.79 Å². The van der Waals surface area contributed by atoms with Crippen molar-refractivity contribution in [2.24, 2.45) is 0 Å². The Morgan fingerprint density at radius 3 is 3.00 bits per heavy atom. The lowest BCUT2D eigenvalue weighted by molar-refractivity contribution is -0.116. The van der Waals surface area contributed by atoms with Crippen LogP contribution in [0.3, 0.4) is 0 Å². The smallest absolute Gasteiger partial charge is 0.244 e. The summed E-state index contributed by atoms with van der Waals surface area (Å²) in [4.78, 5) is 11.4. The highest BCUT2D eigenvalue weighted by molar-refractivity contribution is 6.33. The third-order valence-electron chi connectivity index (χ3n) is 2.27. The van der Waals surface area contributed by atoms with Crippen LogP contribution in [-0.4, -0.2) is 26.2 Å². The van der Waals surface area contributed by atoms with Crippen molar-refractivity contribution in [2.75, 3.05) is 26.0 Å². The summed E-state index contributed by atoms with van der Waals surface area (Å²) in [5.41, 5.74) is 7.00. The molecule has 0 aliphatic heterocycles. The molecule has 0 saturated carbocycles. The largest absolute Gasteiger partial charge is 0.398 e. The molecule has 18 heavy (non-hydrogen) atoms. The second kappa shape index (κ2) is 7.74. The van der Waals surface area contributed by atoms with Crippen LogP contribution in [0.2, 0.25) is 5.02 Å². The van der Waals surface area contributed by atoms with Crippen LogP contribution in [0.15, 0.2) is 24.3 Å². The number of nitrogen functional groups attached to an aromatic ring is 1. The van der Waals surface area contributed by atoms with Crippen LogP contribution in [-0.2, 0) is 9.53 Å². The van der Waals surface area contributed by atoms with Crippen LogP contribution in [0.25, 0.3) is 6.08 Å². The Morgan fingerprint density at radius 1 is 1.56 bits per heavy atom. The number of nitrogens with one attached hydrogen (secondary N) is 1. The maximum absolute atomic E-state index is 11.4. The minimum atomic E-state index is -0.139.